The fraction of sp³-hybridized carbons (Fsp3) is 0. The van der Waals surface area contributed by atoms with Crippen molar-refractivity contribution in [3.05, 3.63) is 107 Å². The first-order valence-corrected chi connectivity index (χ1v) is 9.32. The van der Waals surface area contributed by atoms with Gasteiger partial charge in [-0.15, -0.1) is 0 Å². The summed E-state index contributed by atoms with van der Waals surface area (Å²) in [5, 5.41) is 1.67. The maximum Gasteiger partial charge on any atom is 0.519 e. The molecular formula is C25H14O5. The zero-order valence-corrected chi connectivity index (χ0v) is 15.6. The molecule has 5 nitrogen and oxygen atoms in total. The third-order valence-electron chi connectivity index (χ3n) is 5.05. The first-order valence-electron chi connectivity index (χ1n) is 9.32. The summed E-state index contributed by atoms with van der Waals surface area (Å²) in [5.74, 6) is -0.317. The summed E-state index contributed by atoms with van der Waals surface area (Å²) in [7, 11) is 0. The second kappa shape index (κ2) is 6.97. The van der Waals surface area contributed by atoms with Crippen molar-refractivity contribution in [3.8, 4) is 11.5 Å². The van der Waals surface area contributed by atoms with Crippen LogP contribution < -0.4 is 9.47 Å². The Bertz CT molecular complexity index is 1350. The zero-order valence-electron chi connectivity index (χ0n) is 15.6. The van der Waals surface area contributed by atoms with E-state index in [2.05, 4.69) is 0 Å². The van der Waals surface area contributed by atoms with Gasteiger partial charge in [0.05, 0.1) is 5.56 Å². The number of benzene rings is 4. The van der Waals surface area contributed by atoms with Crippen LogP contribution in [0.1, 0.15) is 31.8 Å². The number of hydrogen-bond donors (Lipinski definition) is 0. The first kappa shape index (κ1) is 17.8. The molecule has 0 aliphatic heterocycles. The highest BCUT2D eigenvalue weighted by Crippen LogP contribution is 2.33. The van der Waals surface area contributed by atoms with Gasteiger partial charge in [-0.05, 0) is 17.5 Å². The zero-order chi connectivity index (χ0) is 20.7. The molecule has 5 heteroatoms. The number of ketones is 2. The van der Waals surface area contributed by atoms with Crippen LogP contribution in [-0.2, 0) is 0 Å². The van der Waals surface area contributed by atoms with Gasteiger partial charge in [-0.1, -0.05) is 72.8 Å². The van der Waals surface area contributed by atoms with E-state index in [0.29, 0.717) is 11.3 Å². The molecule has 4 aromatic carbocycles. The average molecular weight is 394 g/mol. The number of carbonyl (C=O) groups is 3. The van der Waals surface area contributed by atoms with E-state index in [1.54, 1.807) is 48.5 Å². The van der Waals surface area contributed by atoms with E-state index in [4.69, 9.17) is 9.47 Å². The number of fused-ring (bicyclic) bond motifs is 3. The highest BCUT2D eigenvalue weighted by molar-refractivity contribution is 6.29. The molecule has 0 atom stereocenters. The Morgan fingerprint density at radius 2 is 1.13 bits per heavy atom. The average Bonchev–Trinajstić information content (AvgIpc) is 2.77. The predicted molar refractivity (Wildman–Crippen MR) is 110 cm³/mol. The smallest absolute Gasteiger partial charge is 0.394 e. The lowest BCUT2D eigenvalue weighted by Gasteiger charge is -2.19. The van der Waals surface area contributed by atoms with Crippen LogP contribution in [0.2, 0.25) is 0 Å². The van der Waals surface area contributed by atoms with Crippen molar-refractivity contribution in [3.63, 3.8) is 0 Å². The number of ether oxygens (including phenoxy) is 2. The van der Waals surface area contributed by atoms with Gasteiger partial charge in [0, 0.05) is 22.1 Å². The Labute approximate surface area is 171 Å². The lowest BCUT2D eigenvalue weighted by molar-refractivity contribution is 0.0975. The van der Waals surface area contributed by atoms with Crippen molar-refractivity contribution in [1.82, 2.24) is 0 Å². The van der Waals surface area contributed by atoms with Crippen LogP contribution in [0.3, 0.4) is 0 Å². The normalized spacial score (nSPS) is 12.3. The third kappa shape index (κ3) is 2.84. The summed E-state index contributed by atoms with van der Waals surface area (Å²) in [5.41, 5.74) is 0.893. The molecule has 0 amide bonds. The molecule has 0 aromatic heterocycles. The van der Waals surface area contributed by atoms with E-state index in [9.17, 15) is 14.4 Å². The largest absolute Gasteiger partial charge is 0.519 e. The molecule has 0 bridgehead atoms. The quantitative estimate of drug-likeness (QED) is 0.304. The monoisotopic (exact) mass is 394 g/mol. The number of rotatable bonds is 2. The standard InChI is InChI=1S/C25H14O5/c26-23-17-10-3-4-11-18(17)24(27)22-19(23)12-6-14-21(22)30-25(28)29-20-13-5-8-15-7-1-2-9-16(15)20/h1-14H. The molecule has 0 fully saturated rings. The van der Waals surface area contributed by atoms with Crippen LogP contribution >= 0.6 is 0 Å². The maximum atomic E-state index is 13.0. The van der Waals surface area contributed by atoms with Crippen LogP contribution in [-0.4, -0.2) is 17.7 Å². The Morgan fingerprint density at radius 3 is 1.97 bits per heavy atom. The van der Waals surface area contributed by atoms with Gasteiger partial charge in [-0.2, -0.15) is 0 Å². The van der Waals surface area contributed by atoms with Crippen molar-refractivity contribution in [1.29, 1.82) is 0 Å². The first-order chi connectivity index (χ1) is 14.6. The van der Waals surface area contributed by atoms with Gasteiger partial charge >= 0.3 is 6.16 Å². The van der Waals surface area contributed by atoms with Gasteiger partial charge in [0.15, 0.2) is 11.6 Å². The minimum absolute atomic E-state index is 0.00871. The van der Waals surface area contributed by atoms with Crippen molar-refractivity contribution < 1.29 is 23.9 Å². The van der Waals surface area contributed by atoms with E-state index >= 15 is 0 Å². The Morgan fingerprint density at radius 1 is 0.567 bits per heavy atom. The van der Waals surface area contributed by atoms with Gasteiger partial charge in [0.1, 0.15) is 11.5 Å². The Kier molecular flexibility index (Phi) is 4.14. The number of carbonyl (C=O) groups excluding carboxylic acids is 3. The van der Waals surface area contributed by atoms with Crippen LogP contribution in [0.15, 0.2) is 84.9 Å². The SMILES string of the molecule is O=C(Oc1cccc2c1C(=O)c1ccccc1C2=O)Oc1cccc2ccccc12. The molecule has 0 spiro atoms. The van der Waals surface area contributed by atoms with Crippen LogP contribution in [0.4, 0.5) is 4.79 Å². The van der Waals surface area contributed by atoms with Crippen molar-refractivity contribution >= 4 is 28.5 Å². The highest BCUT2D eigenvalue weighted by atomic mass is 16.7. The molecule has 0 saturated carbocycles. The van der Waals surface area contributed by atoms with Crippen molar-refractivity contribution in [2.75, 3.05) is 0 Å². The van der Waals surface area contributed by atoms with E-state index in [-0.39, 0.29) is 34.0 Å². The minimum Gasteiger partial charge on any atom is -0.394 e. The maximum absolute atomic E-state index is 13.0. The minimum atomic E-state index is -0.987. The molecule has 0 N–H and O–H groups in total. The second-order valence-corrected chi connectivity index (χ2v) is 6.81. The Hall–Kier alpha value is -4.25. The van der Waals surface area contributed by atoms with E-state index in [0.717, 1.165) is 10.8 Å². The van der Waals surface area contributed by atoms with Crippen molar-refractivity contribution in [2.45, 2.75) is 0 Å². The molecule has 0 radical (unpaired) electrons. The van der Waals surface area contributed by atoms with Gasteiger partial charge in [0.2, 0.25) is 0 Å². The Balaban J connectivity index is 1.48. The lowest BCUT2D eigenvalue weighted by atomic mass is 9.84. The van der Waals surface area contributed by atoms with E-state index in [1.165, 1.54) is 6.07 Å². The highest BCUT2D eigenvalue weighted by Gasteiger charge is 2.32. The molecule has 1 aliphatic carbocycles. The fourth-order valence-corrected chi connectivity index (χ4v) is 3.68. The molecular weight excluding hydrogens is 380 g/mol. The molecule has 5 rings (SSSR count). The predicted octanol–water partition coefficient (Wildman–Crippen LogP) is 5.19. The van der Waals surface area contributed by atoms with Gasteiger partial charge in [-0.3, -0.25) is 9.59 Å². The van der Waals surface area contributed by atoms with Crippen molar-refractivity contribution in [2.24, 2.45) is 0 Å². The van der Waals surface area contributed by atoms with Gasteiger partial charge in [-0.25, -0.2) is 4.79 Å². The van der Waals surface area contributed by atoms with Gasteiger partial charge < -0.3 is 9.47 Å². The second-order valence-electron chi connectivity index (χ2n) is 6.81. The molecule has 1 aliphatic rings. The molecule has 4 aromatic rings. The van der Waals surface area contributed by atoms with Crippen LogP contribution in [0, 0.1) is 0 Å². The summed E-state index contributed by atoms with van der Waals surface area (Å²) in [6.07, 6.45) is -0.987. The molecule has 0 heterocycles. The van der Waals surface area contributed by atoms with Crippen LogP contribution in [0.5, 0.6) is 11.5 Å². The third-order valence-corrected chi connectivity index (χ3v) is 5.05. The summed E-state index contributed by atoms with van der Waals surface area (Å²) in [6, 6.07) is 24.0. The fourth-order valence-electron chi connectivity index (χ4n) is 3.68. The molecule has 0 unspecified atom stereocenters. The number of hydrogen-bond acceptors (Lipinski definition) is 5. The lowest BCUT2D eigenvalue weighted by Crippen LogP contribution is -2.23. The molecule has 30 heavy (non-hydrogen) atoms. The molecule has 0 saturated heterocycles. The van der Waals surface area contributed by atoms with E-state index in [1.807, 2.05) is 30.3 Å². The summed E-state index contributed by atoms with van der Waals surface area (Å²) < 4.78 is 10.8. The molecule has 144 valence electrons. The summed E-state index contributed by atoms with van der Waals surface area (Å²) in [4.78, 5) is 38.3. The van der Waals surface area contributed by atoms with Crippen LogP contribution in [0.25, 0.3) is 10.8 Å². The summed E-state index contributed by atoms with van der Waals surface area (Å²) in [6.45, 7) is 0. The van der Waals surface area contributed by atoms with E-state index < -0.39 is 6.16 Å². The topological polar surface area (TPSA) is 69.7 Å². The van der Waals surface area contributed by atoms with Gasteiger partial charge in [0.25, 0.3) is 0 Å². The summed E-state index contributed by atoms with van der Waals surface area (Å²) >= 11 is 0.